The maximum atomic E-state index is 13.5. The number of benzene rings is 1. The van der Waals surface area contributed by atoms with Gasteiger partial charge in [0.25, 0.3) is 5.91 Å². The Morgan fingerprint density at radius 2 is 1.97 bits per heavy atom. The van der Waals surface area contributed by atoms with Gasteiger partial charge in [0.2, 0.25) is 10.0 Å². The second-order valence-electron chi connectivity index (χ2n) is 10.8. The number of carbonyl (C=O) groups excluding carboxylic acids is 1. The van der Waals surface area contributed by atoms with Crippen molar-refractivity contribution in [2.75, 3.05) is 40.0 Å². The van der Waals surface area contributed by atoms with Crippen molar-refractivity contribution in [2.45, 2.75) is 63.8 Å². The average molecular weight is 479 g/mol. The number of aryl methyl sites for hydroxylation is 1. The molecule has 3 aliphatic rings. The summed E-state index contributed by atoms with van der Waals surface area (Å²) >= 11 is 0. The predicted octanol–water partition coefficient (Wildman–Crippen LogP) is 3.23. The topological polar surface area (TPSA) is 84.9 Å². The lowest BCUT2D eigenvalue weighted by atomic mass is 9.68. The van der Waals surface area contributed by atoms with Gasteiger partial charge < -0.3 is 14.8 Å². The molecule has 0 radical (unpaired) electrons. The summed E-state index contributed by atoms with van der Waals surface area (Å²) in [6, 6.07) is 5.21. The van der Waals surface area contributed by atoms with E-state index >= 15 is 0 Å². The van der Waals surface area contributed by atoms with Crippen molar-refractivity contribution in [1.82, 2.24) is 9.62 Å². The van der Waals surface area contributed by atoms with E-state index in [0.29, 0.717) is 57.2 Å². The van der Waals surface area contributed by atoms with Crippen LogP contribution in [0, 0.1) is 16.7 Å². The molecule has 1 aliphatic heterocycles. The van der Waals surface area contributed by atoms with Crippen LogP contribution in [0.5, 0.6) is 0 Å². The first-order chi connectivity index (χ1) is 15.6. The van der Waals surface area contributed by atoms with Gasteiger partial charge in [0.15, 0.2) is 0 Å². The first kappa shape index (κ1) is 24.6. The van der Waals surface area contributed by atoms with Gasteiger partial charge in [0.05, 0.1) is 18.1 Å². The highest BCUT2D eigenvalue weighted by molar-refractivity contribution is 7.89. The Hall–Kier alpha value is -1.48. The van der Waals surface area contributed by atoms with Gasteiger partial charge in [-0.1, -0.05) is 26.8 Å². The van der Waals surface area contributed by atoms with Gasteiger partial charge in [-0.25, -0.2) is 8.42 Å². The Morgan fingerprint density at radius 1 is 1.24 bits per heavy atom. The number of hydrogen-bond donors (Lipinski definition) is 1. The molecule has 33 heavy (non-hydrogen) atoms. The molecule has 2 saturated carbocycles. The third-order valence-corrected chi connectivity index (χ3v) is 10.2. The average Bonchev–Trinajstić information content (AvgIpc) is 3.28. The van der Waals surface area contributed by atoms with Crippen LogP contribution in [0.3, 0.4) is 0 Å². The molecule has 0 aromatic heterocycles. The SMILES string of the molecule is COCCCc1ccc(C(=O)NC2C(C)(C)[C@@H]3CC[C@]2(C)C3)cc1S(=O)(=O)N1CCOCC1. The van der Waals surface area contributed by atoms with Crippen molar-refractivity contribution in [3.05, 3.63) is 29.3 Å². The molecule has 8 heteroatoms. The number of nitrogens with zero attached hydrogens (tertiary/aromatic N) is 1. The van der Waals surface area contributed by atoms with Gasteiger partial charge >= 0.3 is 0 Å². The molecule has 2 aliphatic carbocycles. The Kier molecular flexibility index (Phi) is 6.93. The summed E-state index contributed by atoms with van der Waals surface area (Å²) in [5, 5.41) is 3.30. The number of amides is 1. The molecule has 3 atom stereocenters. The zero-order valence-electron chi connectivity index (χ0n) is 20.4. The quantitative estimate of drug-likeness (QED) is 0.580. The Bertz CT molecular complexity index is 982. The molecule has 7 nitrogen and oxygen atoms in total. The molecular formula is C25H38N2O5S. The largest absolute Gasteiger partial charge is 0.385 e. The van der Waals surface area contributed by atoms with Gasteiger partial charge in [0, 0.05) is 38.4 Å². The van der Waals surface area contributed by atoms with Gasteiger partial charge in [0.1, 0.15) is 0 Å². The van der Waals surface area contributed by atoms with Gasteiger partial charge in [-0.15, -0.1) is 0 Å². The van der Waals surface area contributed by atoms with E-state index in [-0.39, 0.29) is 27.7 Å². The summed E-state index contributed by atoms with van der Waals surface area (Å²) in [5.41, 5.74) is 1.26. The number of morpholine rings is 1. The van der Waals surface area contributed by atoms with E-state index in [1.54, 1.807) is 25.3 Å². The van der Waals surface area contributed by atoms with E-state index in [1.165, 1.54) is 10.7 Å². The molecule has 4 rings (SSSR count). The summed E-state index contributed by atoms with van der Waals surface area (Å²) in [7, 11) is -2.09. The smallest absolute Gasteiger partial charge is 0.251 e. The van der Waals surface area contributed by atoms with Crippen LogP contribution in [0.2, 0.25) is 0 Å². The third kappa shape index (κ3) is 4.59. The molecule has 1 unspecified atom stereocenters. The summed E-state index contributed by atoms with van der Waals surface area (Å²) in [5.74, 6) is 0.428. The number of ether oxygens (including phenoxy) is 2. The van der Waals surface area contributed by atoms with Crippen LogP contribution in [0.25, 0.3) is 0 Å². The minimum atomic E-state index is -3.72. The molecule has 1 aromatic carbocycles. The molecular weight excluding hydrogens is 440 g/mol. The Morgan fingerprint density at radius 3 is 2.61 bits per heavy atom. The number of sulfonamides is 1. The van der Waals surface area contributed by atoms with Gasteiger partial charge in [-0.2, -0.15) is 4.31 Å². The van der Waals surface area contributed by atoms with Crippen molar-refractivity contribution in [3.8, 4) is 0 Å². The fourth-order valence-electron chi connectivity index (χ4n) is 6.35. The standard InChI is InChI=1S/C25H38N2O5S/c1-24(2)20-9-10-25(3,17-20)23(24)26-22(28)19-8-7-18(6-5-13-31-4)21(16-19)33(29,30)27-11-14-32-15-12-27/h7-8,16,20,23H,5-6,9-15,17H2,1-4H3,(H,26,28)/t20-,23?,25-/m1/s1. The molecule has 1 aromatic rings. The molecule has 1 saturated heterocycles. The summed E-state index contributed by atoms with van der Waals surface area (Å²) in [6.45, 7) is 8.75. The second kappa shape index (κ2) is 9.29. The normalized spacial score (nSPS) is 29.3. The fraction of sp³-hybridized carbons (Fsp3) is 0.720. The highest BCUT2D eigenvalue weighted by Crippen LogP contribution is 2.62. The minimum absolute atomic E-state index is 0.0332. The highest BCUT2D eigenvalue weighted by Gasteiger charge is 2.59. The maximum Gasteiger partial charge on any atom is 0.251 e. The van der Waals surface area contributed by atoms with E-state index in [4.69, 9.17) is 9.47 Å². The van der Waals surface area contributed by atoms with Crippen LogP contribution in [0.4, 0.5) is 0 Å². The molecule has 1 amide bonds. The second-order valence-corrected chi connectivity index (χ2v) is 12.7. The predicted molar refractivity (Wildman–Crippen MR) is 127 cm³/mol. The Labute approximate surface area is 198 Å². The maximum absolute atomic E-state index is 13.5. The van der Waals surface area contributed by atoms with E-state index in [9.17, 15) is 13.2 Å². The van der Waals surface area contributed by atoms with E-state index in [0.717, 1.165) is 18.4 Å². The van der Waals surface area contributed by atoms with E-state index in [2.05, 4.69) is 26.1 Å². The fourth-order valence-corrected chi connectivity index (χ4v) is 8.04. The first-order valence-corrected chi connectivity index (χ1v) is 13.5. The minimum Gasteiger partial charge on any atom is -0.385 e. The van der Waals surface area contributed by atoms with Crippen LogP contribution < -0.4 is 5.32 Å². The number of hydrogen-bond acceptors (Lipinski definition) is 5. The first-order valence-electron chi connectivity index (χ1n) is 12.1. The van der Waals surface area contributed by atoms with Crippen LogP contribution in [-0.2, 0) is 25.9 Å². The summed E-state index contributed by atoms with van der Waals surface area (Å²) < 4.78 is 39.0. The number of methoxy groups -OCH3 is 1. The highest BCUT2D eigenvalue weighted by atomic mass is 32.2. The lowest BCUT2D eigenvalue weighted by molar-refractivity contribution is 0.0728. The van der Waals surface area contributed by atoms with Crippen molar-refractivity contribution < 1.29 is 22.7 Å². The number of nitrogens with one attached hydrogen (secondary N) is 1. The van der Waals surface area contributed by atoms with Crippen LogP contribution in [-0.4, -0.2) is 64.7 Å². The summed E-state index contributed by atoms with van der Waals surface area (Å²) in [6.07, 6.45) is 4.77. The van der Waals surface area contributed by atoms with Gasteiger partial charge in [-0.05, 0) is 66.5 Å². The molecule has 3 fully saturated rings. The molecule has 184 valence electrons. The van der Waals surface area contributed by atoms with Crippen molar-refractivity contribution >= 4 is 15.9 Å². The lowest BCUT2D eigenvalue weighted by Crippen LogP contribution is -2.52. The van der Waals surface area contributed by atoms with Crippen molar-refractivity contribution in [3.63, 3.8) is 0 Å². The third-order valence-electron chi connectivity index (χ3n) is 8.26. The number of rotatable bonds is 8. The molecule has 2 bridgehead atoms. The lowest BCUT2D eigenvalue weighted by Gasteiger charge is -2.43. The number of carbonyl (C=O) groups is 1. The molecule has 1 heterocycles. The van der Waals surface area contributed by atoms with Crippen molar-refractivity contribution in [2.24, 2.45) is 16.7 Å². The van der Waals surface area contributed by atoms with Crippen LogP contribution in [0.1, 0.15) is 62.4 Å². The molecule has 0 spiro atoms. The van der Waals surface area contributed by atoms with E-state index in [1.807, 2.05) is 0 Å². The molecule has 1 N–H and O–H groups in total. The Balaban J connectivity index is 1.62. The summed E-state index contributed by atoms with van der Waals surface area (Å²) in [4.78, 5) is 13.6. The zero-order valence-corrected chi connectivity index (χ0v) is 21.2. The van der Waals surface area contributed by atoms with Crippen molar-refractivity contribution in [1.29, 1.82) is 0 Å². The van der Waals surface area contributed by atoms with Gasteiger partial charge in [-0.3, -0.25) is 4.79 Å². The number of fused-ring (bicyclic) bond motifs is 2. The van der Waals surface area contributed by atoms with Crippen LogP contribution in [0.15, 0.2) is 23.1 Å². The van der Waals surface area contributed by atoms with Crippen LogP contribution >= 0.6 is 0 Å². The zero-order chi connectivity index (χ0) is 23.9. The van der Waals surface area contributed by atoms with E-state index < -0.39 is 10.0 Å². The monoisotopic (exact) mass is 478 g/mol.